The van der Waals surface area contributed by atoms with Crippen LogP contribution in [-0.2, 0) is 13.6 Å². The first-order valence-electron chi connectivity index (χ1n) is 8.39. The van der Waals surface area contributed by atoms with E-state index in [0.717, 1.165) is 36.7 Å². The van der Waals surface area contributed by atoms with E-state index in [9.17, 15) is 4.79 Å². The van der Waals surface area contributed by atoms with E-state index in [1.165, 1.54) is 4.68 Å². The van der Waals surface area contributed by atoms with Crippen LogP contribution in [0.1, 0.15) is 5.69 Å². The van der Waals surface area contributed by atoms with Gasteiger partial charge < -0.3 is 4.57 Å². The molecule has 1 aromatic carbocycles. The Morgan fingerprint density at radius 1 is 1.15 bits per heavy atom. The molecule has 0 amide bonds. The fourth-order valence-corrected chi connectivity index (χ4v) is 4.92. The molecule has 0 aliphatic carbocycles. The van der Waals surface area contributed by atoms with Crippen molar-refractivity contribution in [1.82, 2.24) is 24.3 Å². The maximum Gasteiger partial charge on any atom is 0.291 e. The standard InChI is InChI=1S/C19H15N5OS2/c1-23-15-13(16-17(23)22-19(26-2)27-16)9-20-24(18(15)25)10-12-8-7-11-5-3-4-6-14(11)21-12/h3-9H,10H2,1-2H3. The molecular formula is C19H15N5OS2. The second kappa shape index (κ2) is 6.17. The number of thiazole rings is 1. The molecule has 0 saturated carbocycles. The summed E-state index contributed by atoms with van der Waals surface area (Å²) in [6, 6.07) is 11.9. The fraction of sp³-hybridized carbons (Fsp3) is 0.158. The average Bonchev–Trinajstić information content (AvgIpc) is 3.23. The van der Waals surface area contributed by atoms with E-state index in [1.54, 1.807) is 29.3 Å². The lowest BCUT2D eigenvalue weighted by molar-refractivity contribution is 0.634. The number of aromatic nitrogens is 5. The van der Waals surface area contributed by atoms with Gasteiger partial charge in [0.05, 0.1) is 28.7 Å². The van der Waals surface area contributed by atoms with E-state index in [4.69, 9.17) is 0 Å². The van der Waals surface area contributed by atoms with Crippen molar-refractivity contribution < 1.29 is 0 Å². The van der Waals surface area contributed by atoms with Gasteiger partial charge in [0, 0.05) is 17.8 Å². The van der Waals surface area contributed by atoms with Crippen molar-refractivity contribution >= 4 is 55.3 Å². The number of fused-ring (bicyclic) bond motifs is 4. The first kappa shape index (κ1) is 16.5. The molecular weight excluding hydrogens is 378 g/mol. The lowest BCUT2D eigenvalue weighted by atomic mass is 10.2. The Labute approximate surface area is 162 Å². The molecule has 5 aromatic rings. The normalized spacial score (nSPS) is 11.8. The second-order valence-corrected chi connectivity index (χ2v) is 8.31. The molecule has 0 spiro atoms. The quantitative estimate of drug-likeness (QED) is 0.438. The van der Waals surface area contributed by atoms with Gasteiger partial charge in [0.25, 0.3) is 5.56 Å². The Hall–Kier alpha value is -2.71. The maximum absolute atomic E-state index is 13.1. The monoisotopic (exact) mass is 393 g/mol. The maximum atomic E-state index is 13.1. The average molecular weight is 393 g/mol. The van der Waals surface area contributed by atoms with Gasteiger partial charge in [-0.05, 0) is 18.4 Å². The number of thioether (sulfide) groups is 1. The van der Waals surface area contributed by atoms with E-state index in [-0.39, 0.29) is 5.56 Å². The number of hydrogen-bond acceptors (Lipinski definition) is 6. The minimum atomic E-state index is -0.124. The molecule has 134 valence electrons. The Morgan fingerprint density at radius 2 is 2.00 bits per heavy atom. The predicted molar refractivity (Wildman–Crippen MR) is 111 cm³/mol. The Kier molecular flexibility index (Phi) is 3.76. The van der Waals surface area contributed by atoms with Crippen LogP contribution in [0, 0.1) is 0 Å². The van der Waals surface area contributed by atoms with Crippen LogP contribution < -0.4 is 5.56 Å². The predicted octanol–water partition coefficient (Wildman–Crippen LogP) is 3.66. The van der Waals surface area contributed by atoms with Crippen molar-refractivity contribution in [3.05, 3.63) is 58.6 Å². The summed E-state index contributed by atoms with van der Waals surface area (Å²) in [5.41, 5.74) is 3.06. The molecule has 8 heteroatoms. The molecule has 0 bridgehead atoms. The Balaban J connectivity index is 1.63. The molecule has 0 aliphatic heterocycles. The zero-order valence-electron chi connectivity index (χ0n) is 14.7. The Bertz CT molecular complexity index is 1380. The van der Waals surface area contributed by atoms with E-state index in [1.807, 2.05) is 54.3 Å². The summed E-state index contributed by atoms with van der Waals surface area (Å²) in [6.07, 6.45) is 3.77. The van der Waals surface area contributed by atoms with Gasteiger partial charge in [-0.2, -0.15) is 5.10 Å². The highest BCUT2D eigenvalue weighted by Gasteiger charge is 2.18. The first-order valence-corrected chi connectivity index (χ1v) is 10.4. The molecule has 0 radical (unpaired) electrons. The van der Waals surface area contributed by atoms with Crippen molar-refractivity contribution in [1.29, 1.82) is 0 Å². The summed E-state index contributed by atoms with van der Waals surface area (Å²) in [5, 5.41) is 6.34. The molecule has 0 unspecified atom stereocenters. The summed E-state index contributed by atoms with van der Waals surface area (Å²) >= 11 is 3.21. The number of pyridine rings is 1. The van der Waals surface area contributed by atoms with Crippen LogP contribution >= 0.6 is 23.1 Å². The summed E-state index contributed by atoms with van der Waals surface area (Å²) in [6.45, 7) is 0.335. The third kappa shape index (κ3) is 2.55. The Morgan fingerprint density at radius 3 is 2.85 bits per heavy atom. The summed E-state index contributed by atoms with van der Waals surface area (Å²) in [5.74, 6) is 0. The van der Waals surface area contributed by atoms with E-state index in [0.29, 0.717) is 12.1 Å². The van der Waals surface area contributed by atoms with Gasteiger partial charge in [0.1, 0.15) is 5.52 Å². The molecule has 0 aliphatic rings. The fourth-order valence-electron chi connectivity index (χ4n) is 3.32. The first-order chi connectivity index (χ1) is 13.2. The van der Waals surface area contributed by atoms with Crippen molar-refractivity contribution in [2.24, 2.45) is 7.05 Å². The highest BCUT2D eigenvalue weighted by molar-refractivity contribution is 8.00. The number of aryl methyl sites for hydroxylation is 1. The highest BCUT2D eigenvalue weighted by Crippen LogP contribution is 2.34. The van der Waals surface area contributed by atoms with Gasteiger partial charge in [-0.3, -0.25) is 9.78 Å². The zero-order valence-corrected chi connectivity index (χ0v) is 16.3. The molecule has 27 heavy (non-hydrogen) atoms. The minimum Gasteiger partial charge on any atom is -0.323 e. The molecule has 0 atom stereocenters. The number of para-hydroxylation sites is 1. The van der Waals surface area contributed by atoms with E-state index in [2.05, 4.69) is 15.1 Å². The molecule has 4 aromatic heterocycles. The summed E-state index contributed by atoms with van der Waals surface area (Å²) in [7, 11) is 1.88. The van der Waals surface area contributed by atoms with Crippen LogP contribution in [0.5, 0.6) is 0 Å². The van der Waals surface area contributed by atoms with Gasteiger partial charge in [-0.15, -0.1) is 11.3 Å². The van der Waals surface area contributed by atoms with Gasteiger partial charge in [0.15, 0.2) is 9.99 Å². The van der Waals surface area contributed by atoms with Crippen LogP contribution in [0.15, 0.2) is 51.7 Å². The van der Waals surface area contributed by atoms with Crippen LogP contribution in [0.2, 0.25) is 0 Å². The van der Waals surface area contributed by atoms with Gasteiger partial charge in [0.2, 0.25) is 0 Å². The van der Waals surface area contributed by atoms with Crippen molar-refractivity contribution in [3.8, 4) is 0 Å². The topological polar surface area (TPSA) is 65.6 Å². The molecule has 4 heterocycles. The van der Waals surface area contributed by atoms with Crippen LogP contribution in [0.4, 0.5) is 0 Å². The van der Waals surface area contributed by atoms with Crippen LogP contribution in [-0.4, -0.2) is 30.6 Å². The SMILES string of the molecule is CSc1nc2c(s1)c1cnn(Cc3ccc4ccccc4n3)c(=O)c1n2C. The van der Waals surface area contributed by atoms with Crippen LogP contribution in [0.25, 0.3) is 32.2 Å². The van der Waals surface area contributed by atoms with Gasteiger partial charge >= 0.3 is 0 Å². The van der Waals surface area contributed by atoms with E-state index >= 15 is 0 Å². The number of hydrogen-bond donors (Lipinski definition) is 0. The smallest absolute Gasteiger partial charge is 0.291 e. The second-order valence-electron chi connectivity index (χ2n) is 6.26. The summed E-state index contributed by atoms with van der Waals surface area (Å²) < 4.78 is 5.34. The number of benzene rings is 1. The largest absolute Gasteiger partial charge is 0.323 e. The van der Waals surface area contributed by atoms with E-state index < -0.39 is 0 Å². The lowest BCUT2D eigenvalue weighted by Crippen LogP contribution is -2.24. The lowest BCUT2D eigenvalue weighted by Gasteiger charge is -2.06. The molecule has 5 rings (SSSR count). The van der Waals surface area contributed by atoms with Crippen LogP contribution in [0.3, 0.4) is 0 Å². The molecule has 6 nitrogen and oxygen atoms in total. The highest BCUT2D eigenvalue weighted by atomic mass is 32.2. The van der Waals surface area contributed by atoms with Gasteiger partial charge in [-0.1, -0.05) is 36.0 Å². The third-order valence-corrected chi connectivity index (χ3v) is 6.71. The van der Waals surface area contributed by atoms with Gasteiger partial charge in [-0.25, -0.2) is 9.67 Å². The third-order valence-electron chi connectivity index (χ3n) is 4.65. The minimum absolute atomic E-state index is 0.124. The zero-order chi connectivity index (χ0) is 18.5. The van der Waals surface area contributed by atoms with Crippen molar-refractivity contribution in [3.63, 3.8) is 0 Å². The molecule has 0 saturated heterocycles. The van der Waals surface area contributed by atoms with Crippen molar-refractivity contribution in [2.75, 3.05) is 6.26 Å². The number of rotatable bonds is 3. The number of nitrogens with zero attached hydrogens (tertiary/aromatic N) is 5. The molecule has 0 fully saturated rings. The molecule has 0 N–H and O–H groups in total. The summed E-state index contributed by atoms with van der Waals surface area (Å²) in [4.78, 5) is 22.3. The van der Waals surface area contributed by atoms with Crippen molar-refractivity contribution in [2.45, 2.75) is 10.9 Å².